The lowest BCUT2D eigenvalue weighted by Gasteiger charge is -2.08. The molecule has 0 saturated carbocycles. The largest absolute Gasteiger partial charge is 0.549 e. The first-order chi connectivity index (χ1) is 9.88. The number of aryl methyl sites for hydroxylation is 2. The molecule has 0 aliphatic carbocycles. The van der Waals surface area contributed by atoms with Crippen LogP contribution in [0.25, 0.3) is 11.2 Å². The van der Waals surface area contributed by atoms with E-state index in [0.29, 0.717) is 17.2 Å². The van der Waals surface area contributed by atoms with Gasteiger partial charge in [-0.2, -0.15) is 0 Å². The Hall–Kier alpha value is -2.03. The van der Waals surface area contributed by atoms with Crippen LogP contribution in [0.5, 0.6) is 0 Å². The molecule has 0 aromatic carbocycles. The maximum absolute atomic E-state index is 12.3. The van der Waals surface area contributed by atoms with Crippen molar-refractivity contribution in [1.29, 1.82) is 0 Å². The quantitative estimate of drug-likeness (QED) is 0.635. The van der Waals surface area contributed by atoms with Gasteiger partial charge in [0.15, 0.2) is 16.3 Å². The molecule has 2 aromatic heterocycles. The Kier molecular flexibility index (Phi) is 4.21. The number of rotatable bonds is 5. The van der Waals surface area contributed by atoms with Gasteiger partial charge in [-0.3, -0.25) is 13.9 Å². The van der Waals surface area contributed by atoms with E-state index in [-0.39, 0.29) is 11.4 Å². The second-order valence-corrected chi connectivity index (χ2v) is 5.53. The molecule has 0 N–H and O–H groups in total. The minimum atomic E-state index is -1.21. The van der Waals surface area contributed by atoms with E-state index in [1.54, 1.807) is 4.57 Å². The second-order valence-electron chi connectivity index (χ2n) is 4.58. The smallest absolute Gasteiger partial charge is 0.332 e. The van der Waals surface area contributed by atoms with E-state index in [0.717, 1.165) is 22.7 Å². The van der Waals surface area contributed by atoms with Crippen LogP contribution in [0, 0.1) is 0 Å². The van der Waals surface area contributed by atoms with Gasteiger partial charge in [0.05, 0.1) is 5.97 Å². The van der Waals surface area contributed by atoms with Crippen molar-refractivity contribution in [3.05, 3.63) is 20.8 Å². The maximum Gasteiger partial charge on any atom is 0.332 e. The van der Waals surface area contributed by atoms with Crippen LogP contribution in [-0.4, -0.2) is 30.4 Å². The summed E-state index contributed by atoms with van der Waals surface area (Å²) in [5.41, 5.74) is -0.334. The molecule has 0 spiro atoms. The van der Waals surface area contributed by atoms with Gasteiger partial charge in [-0.25, -0.2) is 9.78 Å². The molecular formula is C12H15N4O4S-. The van der Waals surface area contributed by atoms with E-state index in [1.165, 1.54) is 18.7 Å². The van der Waals surface area contributed by atoms with Crippen LogP contribution in [0.4, 0.5) is 0 Å². The van der Waals surface area contributed by atoms with E-state index >= 15 is 0 Å². The Morgan fingerprint density at radius 2 is 1.95 bits per heavy atom. The number of fused-ring (bicyclic) bond motifs is 1. The summed E-state index contributed by atoms with van der Waals surface area (Å²) in [5, 5.41) is 11.0. The third-order valence-electron chi connectivity index (χ3n) is 3.08. The summed E-state index contributed by atoms with van der Waals surface area (Å²) in [6.45, 7) is 2.45. The highest BCUT2D eigenvalue weighted by atomic mass is 32.2. The van der Waals surface area contributed by atoms with Crippen molar-refractivity contribution in [1.82, 2.24) is 18.7 Å². The van der Waals surface area contributed by atoms with Gasteiger partial charge >= 0.3 is 5.69 Å². The number of imidazole rings is 1. The lowest BCUT2D eigenvalue weighted by Crippen LogP contribution is -2.37. The first-order valence-corrected chi connectivity index (χ1v) is 7.36. The molecule has 9 heteroatoms. The predicted octanol–water partition coefficient (Wildman–Crippen LogP) is -1.31. The van der Waals surface area contributed by atoms with Gasteiger partial charge in [0.25, 0.3) is 5.56 Å². The molecule has 2 heterocycles. The number of hydrogen-bond donors (Lipinski definition) is 0. The minimum Gasteiger partial charge on any atom is -0.549 e. The molecule has 0 unspecified atom stereocenters. The monoisotopic (exact) mass is 311 g/mol. The number of carboxylic acids is 1. The third-order valence-corrected chi connectivity index (χ3v) is 4.03. The van der Waals surface area contributed by atoms with Gasteiger partial charge in [0.2, 0.25) is 0 Å². The van der Waals surface area contributed by atoms with Gasteiger partial charge in [-0.15, -0.1) is 0 Å². The van der Waals surface area contributed by atoms with Crippen molar-refractivity contribution in [3.8, 4) is 0 Å². The highest BCUT2D eigenvalue weighted by Gasteiger charge is 2.18. The van der Waals surface area contributed by atoms with Crippen molar-refractivity contribution < 1.29 is 9.90 Å². The molecule has 0 atom stereocenters. The molecular weight excluding hydrogens is 296 g/mol. The maximum atomic E-state index is 12.3. The lowest BCUT2D eigenvalue weighted by molar-refractivity contribution is -0.301. The SMILES string of the molecule is CCCn1c(SCC(=O)[O-])nc2c1c(=O)n(C)c(=O)n2C. The van der Waals surface area contributed by atoms with E-state index in [9.17, 15) is 19.5 Å². The van der Waals surface area contributed by atoms with Crippen molar-refractivity contribution in [2.45, 2.75) is 25.0 Å². The summed E-state index contributed by atoms with van der Waals surface area (Å²) in [5.74, 6) is -1.47. The highest BCUT2D eigenvalue weighted by molar-refractivity contribution is 7.99. The van der Waals surface area contributed by atoms with Gasteiger partial charge < -0.3 is 14.5 Å². The summed E-state index contributed by atoms with van der Waals surface area (Å²) in [7, 11) is 2.93. The number of hydrogen-bond acceptors (Lipinski definition) is 6. The molecule has 21 heavy (non-hydrogen) atoms. The van der Waals surface area contributed by atoms with E-state index in [4.69, 9.17) is 0 Å². The highest BCUT2D eigenvalue weighted by Crippen LogP contribution is 2.21. The van der Waals surface area contributed by atoms with Gasteiger partial charge in [-0.05, 0) is 6.42 Å². The lowest BCUT2D eigenvalue weighted by atomic mass is 10.4. The average Bonchev–Trinajstić information content (AvgIpc) is 2.80. The fourth-order valence-corrected chi connectivity index (χ4v) is 2.83. The summed E-state index contributed by atoms with van der Waals surface area (Å²) < 4.78 is 3.96. The number of nitrogens with zero attached hydrogens (tertiary/aromatic N) is 4. The summed E-state index contributed by atoms with van der Waals surface area (Å²) in [4.78, 5) is 39.1. The molecule has 0 fully saturated rings. The number of carboxylic acid groups (broad SMARTS) is 1. The fraction of sp³-hybridized carbons (Fsp3) is 0.500. The number of aliphatic carboxylic acids is 1. The zero-order valence-corrected chi connectivity index (χ0v) is 12.8. The van der Waals surface area contributed by atoms with Gasteiger partial charge in [0, 0.05) is 26.4 Å². The molecule has 114 valence electrons. The Morgan fingerprint density at radius 1 is 1.29 bits per heavy atom. The van der Waals surface area contributed by atoms with Crippen LogP contribution >= 0.6 is 11.8 Å². The number of carbonyl (C=O) groups is 1. The second kappa shape index (κ2) is 5.76. The van der Waals surface area contributed by atoms with Crippen LogP contribution in [0.2, 0.25) is 0 Å². The normalized spacial score (nSPS) is 11.2. The fourth-order valence-electron chi connectivity index (χ4n) is 2.09. The van der Waals surface area contributed by atoms with E-state index < -0.39 is 17.2 Å². The molecule has 0 aliphatic rings. The summed E-state index contributed by atoms with van der Waals surface area (Å²) >= 11 is 0.976. The van der Waals surface area contributed by atoms with Crippen molar-refractivity contribution in [3.63, 3.8) is 0 Å². The zero-order valence-electron chi connectivity index (χ0n) is 12.0. The molecule has 2 aromatic rings. The Morgan fingerprint density at radius 3 is 2.52 bits per heavy atom. The molecule has 2 rings (SSSR count). The molecule has 0 aliphatic heterocycles. The Labute approximate surface area is 124 Å². The van der Waals surface area contributed by atoms with Gasteiger partial charge in [-0.1, -0.05) is 18.7 Å². The van der Waals surface area contributed by atoms with E-state index in [2.05, 4.69) is 4.98 Å². The summed E-state index contributed by atoms with van der Waals surface area (Å²) in [6, 6.07) is 0. The molecule has 0 bridgehead atoms. The van der Waals surface area contributed by atoms with Crippen LogP contribution in [-0.2, 0) is 25.4 Å². The third kappa shape index (κ3) is 2.60. The van der Waals surface area contributed by atoms with Crippen LogP contribution < -0.4 is 16.4 Å². The zero-order chi connectivity index (χ0) is 15.7. The number of thioether (sulfide) groups is 1. The van der Waals surface area contributed by atoms with Crippen LogP contribution in [0.1, 0.15) is 13.3 Å². The number of aromatic nitrogens is 4. The average molecular weight is 311 g/mol. The number of carbonyl (C=O) groups excluding carboxylic acids is 1. The molecule has 8 nitrogen and oxygen atoms in total. The molecule has 0 saturated heterocycles. The first kappa shape index (κ1) is 15.4. The Balaban J connectivity index is 2.76. The van der Waals surface area contributed by atoms with E-state index in [1.807, 2.05) is 6.92 Å². The first-order valence-electron chi connectivity index (χ1n) is 6.37. The standard InChI is InChI=1S/C12H16N4O4S/c1-4-5-16-8-9(13-11(16)21-6-7(17)18)14(2)12(20)15(3)10(8)19/h4-6H2,1-3H3,(H,17,18)/p-1. The molecule has 0 amide bonds. The predicted molar refractivity (Wildman–Crippen MR) is 76.2 cm³/mol. The van der Waals surface area contributed by atoms with Crippen molar-refractivity contribution in [2.75, 3.05) is 5.75 Å². The minimum absolute atomic E-state index is 0.261. The Bertz CT molecular complexity index is 817. The topological polar surface area (TPSA) is 102 Å². The van der Waals surface area contributed by atoms with Crippen molar-refractivity contribution in [2.24, 2.45) is 14.1 Å². The van der Waals surface area contributed by atoms with Crippen LogP contribution in [0.3, 0.4) is 0 Å². The van der Waals surface area contributed by atoms with Crippen LogP contribution in [0.15, 0.2) is 14.7 Å². The van der Waals surface area contributed by atoms with Crippen molar-refractivity contribution >= 4 is 28.9 Å². The summed E-state index contributed by atoms with van der Waals surface area (Å²) in [6.07, 6.45) is 0.746. The molecule has 0 radical (unpaired) electrons. The van der Waals surface area contributed by atoms with Gasteiger partial charge in [0.1, 0.15) is 0 Å².